The summed E-state index contributed by atoms with van der Waals surface area (Å²) in [4.78, 5) is 30.8. The van der Waals surface area contributed by atoms with E-state index in [0.29, 0.717) is 57.3 Å². The Morgan fingerprint density at radius 3 is 2.48 bits per heavy atom. The van der Waals surface area contributed by atoms with Crippen molar-refractivity contribution in [3.8, 4) is 0 Å². The summed E-state index contributed by atoms with van der Waals surface area (Å²) in [7, 11) is 0. The van der Waals surface area contributed by atoms with Crippen molar-refractivity contribution in [1.82, 2.24) is 15.2 Å². The summed E-state index contributed by atoms with van der Waals surface area (Å²) in [6.07, 6.45) is 1.32. The summed E-state index contributed by atoms with van der Waals surface area (Å²) in [5, 5.41) is 2.82. The van der Waals surface area contributed by atoms with Gasteiger partial charge in [-0.3, -0.25) is 9.59 Å². The molecule has 0 saturated carbocycles. The van der Waals surface area contributed by atoms with E-state index in [9.17, 15) is 9.59 Å². The van der Waals surface area contributed by atoms with E-state index >= 15 is 0 Å². The minimum atomic E-state index is -0.511. The van der Waals surface area contributed by atoms with Gasteiger partial charge in [0.2, 0.25) is 0 Å². The van der Waals surface area contributed by atoms with Crippen molar-refractivity contribution in [3.05, 3.63) is 29.6 Å². The number of nitrogens with zero attached hydrogens (tertiary/aromatic N) is 2. The van der Waals surface area contributed by atoms with Crippen LogP contribution < -0.4 is 5.32 Å². The molecule has 2 aliphatic rings. The van der Waals surface area contributed by atoms with Crippen molar-refractivity contribution >= 4 is 11.8 Å². The van der Waals surface area contributed by atoms with Crippen LogP contribution in [-0.4, -0.2) is 60.3 Å². The fraction of sp³-hybridized carbons (Fsp3) is 0.611. The minimum absolute atomic E-state index is 0.161. The lowest BCUT2D eigenvalue weighted by Gasteiger charge is -2.37. The Morgan fingerprint density at radius 2 is 1.84 bits per heavy atom. The van der Waals surface area contributed by atoms with E-state index < -0.39 is 5.79 Å². The van der Waals surface area contributed by atoms with E-state index in [0.717, 1.165) is 0 Å². The maximum absolute atomic E-state index is 12.7. The number of likely N-dealkylation sites (tertiary alicyclic amines) is 1. The Balaban J connectivity index is 1.62. The summed E-state index contributed by atoms with van der Waals surface area (Å²) >= 11 is 0. The van der Waals surface area contributed by atoms with Gasteiger partial charge in [-0.25, -0.2) is 4.98 Å². The van der Waals surface area contributed by atoms with E-state index in [1.54, 1.807) is 23.1 Å². The predicted molar refractivity (Wildman–Crippen MR) is 91.2 cm³/mol. The summed E-state index contributed by atoms with van der Waals surface area (Å²) < 4.78 is 11.4. The third-order valence-electron chi connectivity index (χ3n) is 4.50. The zero-order valence-corrected chi connectivity index (χ0v) is 14.8. The summed E-state index contributed by atoms with van der Waals surface area (Å²) in [5.74, 6) is -0.572. The molecule has 1 aromatic rings. The Kier molecular flexibility index (Phi) is 5.34. The zero-order chi connectivity index (χ0) is 17.9. The van der Waals surface area contributed by atoms with Gasteiger partial charge in [0, 0.05) is 32.5 Å². The van der Waals surface area contributed by atoms with Crippen LogP contribution in [0.1, 0.15) is 47.7 Å². The molecule has 0 atom stereocenters. The molecule has 7 nitrogen and oxygen atoms in total. The lowest BCUT2D eigenvalue weighted by molar-refractivity contribution is -0.181. The Hall–Kier alpha value is -1.99. The van der Waals surface area contributed by atoms with Gasteiger partial charge < -0.3 is 19.7 Å². The van der Waals surface area contributed by atoms with Crippen LogP contribution in [0.4, 0.5) is 0 Å². The molecule has 2 aliphatic heterocycles. The molecule has 1 spiro atoms. The maximum atomic E-state index is 12.7. The topological polar surface area (TPSA) is 80.8 Å². The van der Waals surface area contributed by atoms with Crippen molar-refractivity contribution < 1.29 is 19.1 Å². The van der Waals surface area contributed by atoms with Crippen LogP contribution in [0.3, 0.4) is 0 Å². The monoisotopic (exact) mass is 347 g/mol. The number of amides is 2. The first-order valence-corrected chi connectivity index (χ1v) is 8.81. The van der Waals surface area contributed by atoms with Gasteiger partial charge in [-0.15, -0.1) is 0 Å². The van der Waals surface area contributed by atoms with Crippen LogP contribution in [0.5, 0.6) is 0 Å². The molecule has 136 valence electrons. The largest absolute Gasteiger partial charge is 0.350 e. The highest BCUT2D eigenvalue weighted by Gasteiger charge is 2.41. The van der Waals surface area contributed by atoms with Crippen LogP contribution in [0.2, 0.25) is 0 Å². The SMILES string of the molecule is CC(C)CNC(=O)c1cccc(C(=O)N2CCC3(CC2)OCCO3)n1. The van der Waals surface area contributed by atoms with Crippen LogP contribution in [-0.2, 0) is 9.47 Å². The molecule has 25 heavy (non-hydrogen) atoms. The maximum Gasteiger partial charge on any atom is 0.272 e. The van der Waals surface area contributed by atoms with Gasteiger partial charge >= 0.3 is 0 Å². The van der Waals surface area contributed by atoms with Gasteiger partial charge in [-0.05, 0) is 18.1 Å². The predicted octanol–water partition coefficient (Wildman–Crippen LogP) is 1.45. The van der Waals surface area contributed by atoms with Crippen molar-refractivity contribution in [3.63, 3.8) is 0 Å². The van der Waals surface area contributed by atoms with Gasteiger partial charge in [0.1, 0.15) is 11.4 Å². The molecule has 1 N–H and O–H groups in total. The Bertz CT molecular complexity index is 631. The molecule has 0 aliphatic carbocycles. The number of carbonyl (C=O) groups excluding carboxylic acids is 2. The first-order valence-electron chi connectivity index (χ1n) is 8.81. The highest BCUT2D eigenvalue weighted by molar-refractivity contribution is 5.96. The second-order valence-corrected chi connectivity index (χ2v) is 6.91. The molecule has 7 heteroatoms. The molecular formula is C18H25N3O4. The zero-order valence-electron chi connectivity index (χ0n) is 14.8. The van der Waals surface area contributed by atoms with Gasteiger partial charge in [-0.2, -0.15) is 0 Å². The number of nitrogens with one attached hydrogen (secondary N) is 1. The van der Waals surface area contributed by atoms with E-state index in [-0.39, 0.29) is 17.5 Å². The van der Waals surface area contributed by atoms with Crippen molar-refractivity contribution in [2.24, 2.45) is 5.92 Å². The van der Waals surface area contributed by atoms with E-state index in [1.807, 2.05) is 13.8 Å². The number of carbonyl (C=O) groups is 2. The Labute approximate surface area is 147 Å². The lowest BCUT2D eigenvalue weighted by Crippen LogP contribution is -2.47. The third-order valence-corrected chi connectivity index (χ3v) is 4.50. The number of aromatic nitrogens is 1. The standard InChI is InChI=1S/C18H25N3O4/c1-13(2)12-19-16(22)14-4-3-5-15(20-14)17(23)21-8-6-18(7-9-21)24-10-11-25-18/h3-5,13H,6-12H2,1-2H3,(H,19,22). The van der Waals surface area contributed by atoms with E-state index in [2.05, 4.69) is 10.3 Å². The molecule has 0 bridgehead atoms. The fourth-order valence-corrected chi connectivity index (χ4v) is 3.07. The average Bonchev–Trinajstić information content (AvgIpc) is 3.08. The first kappa shape index (κ1) is 17.8. The molecule has 2 saturated heterocycles. The molecule has 1 aromatic heterocycles. The molecule has 0 aromatic carbocycles. The van der Waals surface area contributed by atoms with Crippen LogP contribution in [0.25, 0.3) is 0 Å². The highest BCUT2D eigenvalue weighted by Crippen LogP contribution is 2.31. The molecular weight excluding hydrogens is 322 g/mol. The van der Waals surface area contributed by atoms with Crippen molar-refractivity contribution in [2.45, 2.75) is 32.5 Å². The minimum Gasteiger partial charge on any atom is -0.350 e. The second kappa shape index (κ2) is 7.49. The molecule has 2 fully saturated rings. The van der Waals surface area contributed by atoms with Crippen molar-refractivity contribution in [1.29, 1.82) is 0 Å². The van der Waals surface area contributed by atoms with Gasteiger partial charge in [-0.1, -0.05) is 19.9 Å². The molecule has 3 heterocycles. The number of hydrogen-bond donors (Lipinski definition) is 1. The van der Waals surface area contributed by atoms with Gasteiger partial charge in [0.25, 0.3) is 11.8 Å². The van der Waals surface area contributed by atoms with Crippen LogP contribution in [0.15, 0.2) is 18.2 Å². The molecule has 0 radical (unpaired) electrons. The summed E-state index contributed by atoms with van der Waals surface area (Å²) in [6.45, 7) is 6.97. The molecule has 3 rings (SSSR count). The molecule has 0 unspecified atom stereocenters. The van der Waals surface area contributed by atoms with Crippen LogP contribution >= 0.6 is 0 Å². The average molecular weight is 347 g/mol. The number of piperidine rings is 1. The van der Waals surface area contributed by atoms with Crippen LogP contribution in [0, 0.1) is 5.92 Å². The smallest absolute Gasteiger partial charge is 0.272 e. The van der Waals surface area contributed by atoms with E-state index in [4.69, 9.17) is 9.47 Å². The molecule has 2 amide bonds. The van der Waals surface area contributed by atoms with Crippen molar-refractivity contribution in [2.75, 3.05) is 32.8 Å². The second-order valence-electron chi connectivity index (χ2n) is 6.91. The van der Waals surface area contributed by atoms with E-state index in [1.165, 1.54) is 0 Å². The number of ether oxygens (including phenoxy) is 2. The summed E-state index contributed by atoms with van der Waals surface area (Å²) in [6, 6.07) is 4.96. The number of rotatable bonds is 4. The van der Waals surface area contributed by atoms with Gasteiger partial charge in [0.15, 0.2) is 5.79 Å². The summed E-state index contributed by atoms with van der Waals surface area (Å²) in [5.41, 5.74) is 0.559. The fourth-order valence-electron chi connectivity index (χ4n) is 3.07. The lowest BCUT2D eigenvalue weighted by atomic mass is 10.0. The highest BCUT2D eigenvalue weighted by atomic mass is 16.7. The quantitative estimate of drug-likeness (QED) is 0.891. The van der Waals surface area contributed by atoms with Gasteiger partial charge in [0.05, 0.1) is 13.2 Å². The first-order chi connectivity index (χ1) is 12.0. The normalized spacial score (nSPS) is 19.4. The number of hydrogen-bond acceptors (Lipinski definition) is 5. The Morgan fingerprint density at radius 1 is 1.20 bits per heavy atom. The third kappa shape index (κ3) is 4.16. The number of pyridine rings is 1.